The number of methoxy groups -OCH3 is 3. The summed E-state index contributed by atoms with van der Waals surface area (Å²) in [6.07, 6.45) is 0. The second kappa shape index (κ2) is 7.61. The number of hydrogen-bond donors (Lipinski definition) is 0. The summed E-state index contributed by atoms with van der Waals surface area (Å²) in [7, 11) is 4.99. The van der Waals surface area contributed by atoms with E-state index in [0.717, 1.165) is 45.0 Å². The van der Waals surface area contributed by atoms with Crippen LogP contribution in [0, 0.1) is 0 Å². The van der Waals surface area contributed by atoms with Gasteiger partial charge in [-0.25, -0.2) is 4.99 Å². The van der Waals surface area contributed by atoms with Gasteiger partial charge in [0.2, 0.25) is 5.90 Å². The van der Waals surface area contributed by atoms with Crippen molar-refractivity contribution in [2.45, 2.75) is 0 Å². The molecular formula is C24H21NO3. The smallest absolute Gasteiger partial charge is 0.221 e. The molecule has 0 unspecified atom stereocenters. The molecule has 3 aromatic carbocycles. The third kappa shape index (κ3) is 3.14. The van der Waals surface area contributed by atoms with Gasteiger partial charge >= 0.3 is 0 Å². The van der Waals surface area contributed by atoms with E-state index in [9.17, 15) is 0 Å². The van der Waals surface area contributed by atoms with E-state index in [0.29, 0.717) is 5.90 Å². The lowest BCUT2D eigenvalue weighted by atomic mass is 9.92. The van der Waals surface area contributed by atoms with E-state index >= 15 is 0 Å². The van der Waals surface area contributed by atoms with Crippen LogP contribution in [0.5, 0.6) is 11.5 Å². The minimum atomic E-state index is 0.630. The van der Waals surface area contributed by atoms with Gasteiger partial charge in [-0.3, -0.25) is 0 Å². The monoisotopic (exact) mass is 371 g/mol. The van der Waals surface area contributed by atoms with Crippen LogP contribution in [0.1, 0.15) is 22.3 Å². The standard InChI is InChI=1S/C24H21NO3/c1-26-18-12-8-16(9-13-18)22(17-10-14-19(27-2)15-11-17)23-20-6-4-5-7-21(20)24(25-23)28-3/h4-15H,1-3H3. The zero-order chi connectivity index (χ0) is 19.5. The third-order valence-electron chi connectivity index (χ3n) is 4.81. The molecule has 0 saturated carbocycles. The van der Waals surface area contributed by atoms with Crippen molar-refractivity contribution in [3.05, 3.63) is 95.1 Å². The highest BCUT2D eigenvalue weighted by molar-refractivity contribution is 6.13. The summed E-state index contributed by atoms with van der Waals surface area (Å²) in [5.41, 5.74) is 6.09. The van der Waals surface area contributed by atoms with Crippen LogP contribution in [0.25, 0.3) is 11.3 Å². The van der Waals surface area contributed by atoms with Crippen LogP contribution in [0.15, 0.2) is 77.8 Å². The lowest BCUT2D eigenvalue weighted by Crippen LogP contribution is -1.99. The molecule has 0 amide bonds. The van der Waals surface area contributed by atoms with E-state index in [2.05, 4.69) is 6.07 Å². The molecule has 0 bridgehead atoms. The highest BCUT2D eigenvalue weighted by Gasteiger charge is 2.25. The van der Waals surface area contributed by atoms with Crippen molar-refractivity contribution >= 4 is 17.2 Å². The van der Waals surface area contributed by atoms with Gasteiger partial charge in [-0.05, 0) is 41.5 Å². The van der Waals surface area contributed by atoms with Gasteiger partial charge in [0.05, 0.1) is 27.0 Å². The van der Waals surface area contributed by atoms with Crippen molar-refractivity contribution in [2.24, 2.45) is 4.99 Å². The molecule has 1 aliphatic rings. The molecule has 3 aromatic rings. The number of ether oxygens (including phenoxy) is 3. The van der Waals surface area contributed by atoms with E-state index in [-0.39, 0.29) is 0 Å². The summed E-state index contributed by atoms with van der Waals surface area (Å²) in [6, 6.07) is 24.2. The van der Waals surface area contributed by atoms with Gasteiger partial charge in [-0.1, -0.05) is 42.5 Å². The third-order valence-corrected chi connectivity index (χ3v) is 4.81. The molecule has 0 aromatic heterocycles. The number of hydrogen-bond acceptors (Lipinski definition) is 4. The second-order valence-corrected chi connectivity index (χ2v) is 6.35. The maximum Gasteiger partial charge on any atom is 0.221 e. The first-order valence-corrected chi connectivity index (χ1v) is 9.00. The van der Waals surface area contributed by atoms with Crippen LogP contribution in [-0.2, 0) is 4.74 Å². The van der Waals surface area contributed by atoms with Crippen LogP contribution >= 0.6 is 0 Å². The predicted molar refractivity (Wildman–Crippen MR) is 112 cm³/mol. The van der Waals surface area contributed by atoms with E-state index in [1.165, 1.54) is 0 Å². The molecular weight excluding hydrogens is 350 g/mol. The fourth-order valence-electron chi connectivity index (χ4n) is 3.40. The summed E-state index contributed by atoms with van der Waals surface area (Å²) >= 11 is 0. The Hall–Kier alpha value is -3.53. The van der Waals surface area contributed by atoms with Crippen LogP contribution in [0.3, 0.4) is 0 Å². The maximum absolute atomic E-state index is 5.54. The first kappa shape index (κ1) is 17.9. The Labute approximate surface area is 164 Å². The van der Waals surface area contributed by atoms with Gasteiger partial charge in [0.25, 0.3) is 0 Å². The van der Waals surface area contributed by atoms with E-state index in [1.54, 1.807) is 21.3 Å². The lowest BCUT2D eigenvalue weighted by Gasteiger charge is -2.13. The van der Waals surface area contributed by atoms with Crippen LogP contribution in [0.2, 0.25) is 0 Å². The van der Waals surface area contributed by atoms with Gasteiger partial charge in [0.1, 0.15) is 11.5 Å². The zero-order valence-electron chi connectivity index (χ0n) is 16.1. The van der Waals surface area contributed by atoms with E-state index in [1.807, 2.05) is 66.7 Å². The van der Waals surface area contributed by atoms with Crippen molar-refractivity contribution < 1.29 is 14.2 Å². The van der Waals surface area contributed by atoms with Gasteiger partial charge in [0, 0.05) is 16.7 Å². The largest absolute Gasteiger partial charge is 0.497 e. The molecule has 0 spiro atoms. The predicted octanol–water partition coefficient (Wildman–Crippen LogP) is 5.03. The molecule has 0 N–H and O–H groups in total. The Morgan fingerprint density at radius 3 is 1.57 bits per heavy atom. The minimum Gasteiger partial charge on any atom is -0.497 e. The Kier molecular flexibility index (Phi) is 4.85. The summed E-state index contributed by atoms with van der Waals surface area (Å²) in [6.45, 7) is 0. The molecule has 28 heavy (non-hydrogen) atoms. The Morgan fingerprint density at radius 1 is 0.607 bits per heavy atom. The fraction of sp³-hybridized carbons (Fsp3) is 0.125. The summed E-state index contributed by atoms with van der Waals surface area (Å²) in [4.78, 5) is 4.82. The number of rotatable bonds is 4. The molecule has 0 atom stereocenters. The Balaban J connectivity index is 1.97. The average Bonchev–Trinajstić information content (AvgIpc) is 3.13. The molecule has 1 aliphatic heterocycles. The highest BCUT2D eigenvalue weighted by atomic mass is 16.5. The first-order valence-electron chi connectivity index (χ1n) is 9.00. The topological polar surface area (TPSA) is 40.0 Å². The number of fused-ring (bicyclic) bond motifs is 1. The summed E-state index contributed by atoms with van der Waals surface area (Å²) in [5.74, 6) is 2.26. The molecule has 0 fully saturated rings. The molecule has 0 aliphatic carbocycles. The first-order chi connectivity index (χ1) is 13.7. The van der Waals surface area contributed by atoms with Crippen LogP contribution in [-0.4, -0.2) is 27.2 Å². The average molecular weight is 371 g/mol. The number of aliphatic imine (C=N–C) groups is 1. The van der Waals surface area contributed by atoms with Crippen molar-refractivity contribution in [3.63, 3.8) is 0 Å². The Morgan fingerprint density at radius 2 is 1.11 bits per heavy atom. The van der Waals surface area contributed by atoms with Crippen molar-refractivity contribution in [2.75, 3.05) is 21.3 Å². The van der Waals surface area contributed by atoms with Crippen LogP contribution < -0.4 is 9.47 Å². The second-order valence-electron chi connectivity index (χ2n) is 6.35. The summed E-state index contributed by atoms with van der Waals surface area (Å²) in [5, 5.41) is 0. The maximum atomic E-state index is 5.54. The van der Waals surface area contributed by atoms with Gasteiger partial charge in [-0.15, -0.1) is 0 Å². The van der Waals surface area contributed by atoms with Crippen molar-refractivity contribution in [1.29, 1.82) is 0 Å². The van der Waals surface area contributed by atoms with Crippen LogP contribution in [0.4, 0.5) is 0 Å². The fourth-order valence-corrected chi connectivity index (χ4v) is 3.40. The van der Waals surface area contributed by atoms with Gasteiger partial charge < -0.3 is 14.2 Å². The van der Waals surface area contributed by atoms with Crippen molar-refractivity contribution in [3.8, 4) is 11.5 Å². The quantitative estimate of drug-likeness (QED) is 0.646. The molecule has 4 rings (SSSR count). The number of benzene rings is 3. The molecule has 4 heteroatoms. The van der Waals surface area contributed by atoms with E-state index < -0.39 is 0 Å². The molecule has 4 nitrogen and oxygen atoms in total. The highest BCUT2D eigenvalue weighted by Crippen LogP contribution is 2.39. The molecule has 0 radical (unpaired) electrons. The minimum absolute atomic E-state index is 0.630. The summed E-state index contributed by atoms with van der Waals surface area (Å²) < 4.78 is 16.2. The van der Waals surface area contributed by atoms with Crippen molar-refractivity contribution in [1.82, 2.24) is 0 Å². The Bertz CT molecular complexity index is 998. The molecule has 0 saturated heterocycles. The lowest BCUT2D eigenvalue weighted by molar-refractivity contribution is 0.406. The SMILES string of the molecule is COC1=NC(=C(c2ccc(OC)cc2)c2ccc(OC)cc2)c2ccccc21. The molecule has 1 heterocycles. The molecule has 140 valence electrons. The van der Waals surface area contributed by atoms with Gasteiger partial charge in [0.15, 0.2) is 0 Å². The van der Waals surface area contributed by atoms with E-state index in [4.69, 9.17) is 19.2 Å². The van der Waals surface area contributed by atoms with Gasteiger partial charge in [-0.2, -0.15) is 0 Å². The normalized spacial score (nSPS) is 12.2. The zero-order valence-corrected chi connectivity index (χ0v) is 16.1. The number of nitrogens with zero attached hydrogens (tertiary/aromatic N) is 1.